The summed E-state index contributed by atoms with van der Waals surface area (Å²) in [6, 6.07) is 3.92. The number of rotatable bonds is 9. The van der Waals surface area contributed by atoms with Gasteiger partial charge in [0.15, 0.2) is 5.96 Å². The third kappa shape index (κ3) is 7.01. The molecule has 26 heavy (non-hydrogen) atoms. The Balaban J connectivity index is 0.00000338. The van der Waals surface area contributed by atoms with Crippen LogP contribution < -0.4 is 10.6 Å². The number of aliphatic imine (C=N–C) groups is 1. The summed E-state index contributed by atoms with van der Waals surface area (Å²) in [6.45, 7) is 8.88. The molecule has 6 nitrogen and oxygen atoms in total. The molecule has 2 aromatic rings. The topological polar surface area (TPSA) is 67.4 Å². The lowest BCUT2D eigenvalue weighted by molar-refractivity contribution is 0.506. The zero-order chi connectivity index (χ0) is 18.1. The van der Waals surface area contributed by atoms with Crippen LogP contribution in [0.3, 0.4) is 0 Å². The summed E-state index contributed by atoms with van der Waals surface area (Å²) in [6.07, 6.45) is 5.69. The fourth-order valence-electron chi connectivity index (χ4n) is 2.81. The average molecular weight is 473 g/mol. The summed E-state index contributed by atoms with van der Waals surface area (Å²) in [4.78, 5) is 4.59. The van der Waals surface area contributed by atoms with Gasteiger partial charge in [0.1, 0.15) is 5.76 Å². The number of guanidine groups is 1. The van der Waals surface area contributed by atoms with E-state index >= 15 is 0 Å². The highest BCUT2D eigenvalue weighted by Crippen LogP contribution is 2.13. The van der Waals surface area contributed by atoms with Crippen LogP contribution in [0.15, 0.2) is 27.8 Å². The van der Waals surface area contributed by atoms with Crippen molar-refractivity contribution in [3.63, 3.8) is 0 Å². The zero-order valence-corrected chi connectivity index (χ0v) is 18.7. The Morgan fingerprint density at radius 2 is 2.00 bits per heavy atom. The van der Waals surface area contributed by atoms with E-state index in [4.69, 9.17) is 4.42 Å². The minimum Gasteiger partial charge on any atom is -0.469 e. The summed E-state index contributed by atoms with van der Waals surface area (Å²) in [5.74, 6) is 1.87. The second-order valence-corrected chi connectivity index (χ2v) is 6.29. The van der Waals surface area contributed by atoms with Crippen molar-refractivity contribution in [1.82, 2.24) is 20.4 Å². The smallest absolute Gasteiger partial charge is 0.191 e. The second-order valence-electron chi connectivity index (χ2n) is 6.29. The number of hydrogen-bond acceptors (Lipinski definition) is 3. The first-order valence-corrected chi connectivity index (χ1v) is 9.15. The van der Waals surface area contributed by atoms with Gasteiger partial charge in [0.2, 0.25) is 0 Å². The molecule has 0 aliphatic rings. The van der Waals surface area contributed by atoms with Crippen molar-refractivity contribution in [2.45, 2.75) is 46.5 Å². The molecule has 0 fully saturated rings. The van der Waals surface area contributed by atoms with Crippen molar-refractivity contribution in [1.29, 1.82) is 0 Å². The quantitative estimate of drug-likeness (QED) is 0.254. The Morgan fingerprint density at radius 3 is 2.62 bits per heavy atom. The third-order valence-electron chi connectivity index (χ3n) is 4.29. The van der Waals surface area contributed by atoms with Crippen LogP contribution in [-0.4, -0.2) is 35.4 Å². The molecule has 2 heterocycles. The van der Waals surface area contributed by atoms with E-state index in [1.54, 1.807) is 6.26 Å². The van der Waals surface area contributed by atoms with Gasteiger partial charge in [-0.1, -0.05) is 6.92 Å². The third-order valence-corrected chi connectivity index (χ3v) is 4.29. The SMILES string of the molecule is CCCN=C(NCCCc1c(C)nn(C)c1C)NCCc1ccco1.I. The van der Waals surface area contributed by atoms with E-state index in [9.17, 15) is 0 Å². The van der Waals surface area contributed by atoms with Crippen LogP contribution in [0.4, 0.5) is 0 Å². The van der Waals surface area contributed by atoms with E-state index in [-0.39, 0.29) is 24.0 Å². The van der Waals surface area contributed by atoms with Crippen molar-refractivity contribution in [2.24, 2.45) is 12.0 Å². The van der Waals surface area contributed by atoms with Crippen LogP contribution in [0, 0.1) is 13.8 Å². The zero-order valence-electron chi connectivity index (χ0n) is 16.3. The number of nitrogens with one attached hydrogen (secondary N) is 2. The largest absolute Gasteiger partial charge is 0.469 e. The lowest BCUT2D eigenvalue weighted by Gasteiger charge is -2.12. The van der Waals surface area contributed by atoms with Crippen LogP contribution in [0.2, 0.25) is 0 Å². The summed E-state index contributed by atoms with van der Waals surface area (Å²) in [7, 11) is 2.00. The molecule has 0 bridgehead atoms. The Hall–Kier alpha value is -1.51. The molecule has 0 aliphatic carbocycles. The molecule has 0 unspecified atom stereocenters. The van der Waals surface area contributed by atoms with E-state index < -0.39 is 0 Å². The van der Waals surface area contributed by atoms with Gasteiger partial charge in [-0.3, -0.25) is 9.67 Å². The number of aromatic nitrogens is 2. The first-order valence-electron chi connectivity index (χ1n) is 9.15. The number of hydrogen-bond donors (Lipinski definition) is 2. The van der Waals surface area contributed by atoms with Gasteiger partial charge >= 0.3 is 0 Å². The molecule has 0 atom stereocenters. The van der Waals surface area contributed by atoms with Gasteiger partial charge in [0, 0.05) is 38.8 Å². The average Bonchev–Trinajstić information content (AvgIpc) is 3.19. The van der Waals surface area contributed by atoms with E-state index in [1.807, 2.05) is 23.9 Å². The van der Waals surface area contributed by atoms with Crippen LogP contribution in [0.25, 0.3) is 0 Å². The highest BCUT2D eigenvalue weighted by Gasteiger charge is 2.08. The maximum atomic E-state index is 5.36. The molecule has 0 spiro atoms. The molecule has 0 aromatic carbocycles. The highest BCUT2D eigenvalue weighted by atomic mass is 127. The summed E-state index contributed by atoms with van der Waals surface area (Å²) < 4.78 is 7.32. The van der Waals surface area contributed by atoms with Crippen LogP contribution in [0.5, 0.6) is 0 Å². The molecule has 0 saturated carbocycles. The van der Waals surface area contributed by atoms with Crippen molar-refractivity contribution >= 4 is 29.9 Å². The first kappa shape index (κ1) is 22.5. The van der Waals surface area contributed by atoms with E-state index in [1.165, 1.54) is 11.3 Å². The Bertz CT molecular complexity index is 664. The van der Waals surface area contributed by atoms with Gasteiger partial charge in [-0.05, 0) is 50.8 Å². The van der Waals surface area contributed by atoms with E-state index in [2.05, 4.69) is 41.5 Å². The Morgan fingerprint density at radius 1 is 1.23 bits per heavy atom. The molecule has 2 N–H and O–H groups in total. The van der Waals surface area contributed by atoms with E-state index in [0.29, 0.717) is 0 Å². The van der Waals surface area contributed by atoms with Gasteiger partial charge < -0.3 is 15.1 Å². The molecular weight excluding hydrogens is 441 g/mol. The molecule has 0 radical (unpaired) electrons. The standard InChI is InChI=1S/C19H31N5O.HI/c1-5-11-20-19(22-13-10-17-8-7-14-25-17)21-12-6-9-18-15(2)23-24(4)16(18)3;/h7-8,14H,5-6,9-13H2,1-4H3,(H2,20,21,22);1H. The van der Waals surface area contributed by atoms with Gasteiger partial charge in [-0.15, -0.1) is 24.0 Å². The maximum absolute atomic E-state index is 5.36. The minimum absolute atomic E-state index is 0. The summed E-state index contributed by atoms with van der Waals surface area (Å²) >= 11 is 0. The van der Waals surface area contributed by atoms with Crippen molar-refractivity contribution in [3.05, 3.63) is 41.1 Å². The second kappa shape index (κ2) is 12.0. The lowest BCUT2D eigenvalue weighted by atomic mass is 10.1. The maximum Gasteiger partial charge on any atom is 0.191 e. The normalized spacial score (nSPS) is 11.3. The molecular formula is C19H32IN5O. The molecule has 2 rings (SSSR count). The van der Waals surface area contributed by atoms with E-state index in [0.717, 1.165) is 62.7 Å². The Labute approximate surface area is 173 Å². The van der Waals surface area contributed by atoms with Crippen LogP contribution in [-0.2, 0) is 19.9 Å². The number of nitrogens with zero attached hydrogens (tertiary/aromatic N) is 3. The van der Waals surface area contributed by atoms with Gasteiger partial charge in [0.05, 0.1) is 12.0 Å². The molecule has 7 heteroatoms. The monoisotopic (exact) mass is 473 g/mol. The predicted molar refractivity (Wildman–Crippen MR) is 117 cm³/mol. The Kier molecular flexibility index (Phi) is 10.4. The molecule has 0 amide bonds. The lowest BCUT2D eigenvalue weighted by Crippen LogP contribution is -2.39. The van der Waals surface area contributed by atoms with Crippen molar-refractivity contribution in [3.8, 4) is 0 Å². The van der Waals surface area contributed by atoms with Crippen molar-refractivity contribution < 1.29 is 4.42 Å². The molecule has 2 aromatic heterocycles. The summed E-state index contributed by atoms with van der Waals surface area (Å²) in [5, 5.41) is 11.3. The van der Waals surface area contributed by atoms with Gasteiger partial charge in [-0.2, -0.15) is 5.10 Å². The number of halogens is 1. The highest BCUT2D eigenvalue weighted by molar-refractivity contribution is 14.0. The molecule has 0 saturated heterocycles. The predicted octanol–water partition coefficient (Wildman–Crippen LogP) is 3.37. The summed E-state index contributed by atoms with van der Waals surface area (Å²) in [5.41, 5.74) is 3.76. The van der Waals surface area contributed by atoms with Crippen molar-refractivity contribution in [2.75, 3.05) is 19.6 Å². The minimum atomic E-state index is 0. The fourth-order valence-corrected chi connectivity index (χ4v) is 2.81. The molecule has 0 aliphatic heterocycles. The van der Waals surface area contributed by atoms with Gasteiger partial charge in [-0.25, -0.2) is 0 Å². The van der Waals surface area contributed by atoms with Crippen LogP contribution >= 0.6 is 24.0 Å². The fraction of sp³-hybridized carbons (Fsp3) is 0.579. The molecule has 146 valence electrons. The van der Waals surface area contributed by atoms with Gasteiger partial charge in [0.25, 0.3) is 0 Å². The van der Waals surface area contributed by atoms with Crippen LogP contribution in [0.1, 0.15) is 42.5 Å². The first-order chi connectivity index (χ1) is 12.1. The number of furan rings is 1. The number of aryl methyl sites for hydroxylation is 2.